The molecule has 1 atom stereocenters. The van der Waals surface area contributed by atoms with Crippen molar-refractivity contribution in [3.63, 3.8) is 0 Å². The van der Waals surface area contributed by atoms with E-state index in [2.05, 4.69) is 31.8 Å². The first-order valence-corrected chi connectivity index (χ1v) is 8.15. The third kappa shape index (κ3) is 15.2. The van der Waals surface area contributed by atoms with Gasteiger partial charge in [-0.2, -0.15) is 0 Å². The van der Waals surface area contributed by atoms with Crippen molar-refractivity contribution in [1.82, 2.24) is 0 Å². The highest BCUT2D eigenvalue weighted by Gasteiger charge is 1.97. The van der Waals surface area contributed by atoms with Crippen molar-refractivity contribution in [2.45, 2.75) is 90.6 Å². The van der Waals surface area contributed by atoms with Gasteiger partial charge in [0.2, 0.25) is 0 Å². The molecule has 1 nitrogen and oxygen atoms in total. The molecule has 0 rings (SSSR count). The van der Waals surface area contributed by atoms with E-state index >= 15 is 0 Å². The van der Waals surface area contributed by atoms with Crippen LogP contribution in [0.25, 0.3) is 0 Å². The lowest BCUT2D eigenvalue weighted by molar-refractivity contribution is 0.217. The van der Waals surface area contributed by atoms with Crippen LogP contribution < -0.4 is 0 Å². The van der Waals surface area contributed by atoms with Gasteiger partial charge in [-0.05, 0) is 31.8 Å². The average Bonchev–Trinajstić information content (AvgIpc) is 2.41. The maximum Gasteiger partial charge on any atom is 0.115 e. The summed E-state index contributed by atoms with van der Waals surface area (Å²) in [4.78, 5) is 0. The Kier molecular flexibility index (Phi) is 14.7. The lowest BCUT2D eigenvalue weighted by atomic mass is 10.1. The molecule has 0 aliphatic carbocycles. The fourth-order valence-corrected chi connectivity index (χ4v) is 1.99. The number of allylic oxidation sites excluding steroid dienone is 2. The smallest absolute Gasteiger partial charge is 0.115 e. The number of rotatable bonds is 11. The third-order valence-electron chi connectivity index (χ3n) is 3.26. The molecule has 0 spiro atoms. The molecule has 0 aromatic heterocycles. The molecule has 0 radical (unpaired) electrons. The quantitative estimate of drug-likeness (QED) is 0.400. The van der Waals surface area contributed by atoms with Crippen LogP contribution in [0.2, 0.25) is 0 Å². The molecule has 0 aliphatic rings. The molecule has 1 unspecified atom stereocenters. The topological polar surface area (TPSA) is 20.2 Å². The lowest BCUT2D eigenvalue weighted by Gasteiger charge is -2.02. The van der Waals surface area contributed by atoms with E-state index in [9.17, 15) is 5.11 Å². The van der Waals surface area contributed by atoms with E-state index in [1.165, 1.54) is 51.4 Å². The molecule has 0 bridgehead atoms. The zero-order chi connectivity index (χ0) is 14.2. The summed E-state index contributed by atoms with van der Waals surface area (Å²) >= 11 is 0. The molecular formula is C18H32O. The predicted octanol–water partition coefficient (Wildman–Crippen LogP) is 5.24. The van der Waals surface area contributed by atoms with Gasteiger partial charge in [-0.3, -0.25) is 0 Å². The van der Waals surface area contributed by atoms with Gasteiger partial charge < -0.3 is 5.11 Å². The van der Waals surface area contributed by atoms with Crippen molar-refractivity contribution in [2.75, 3.05) is 0 Å². The first-order chi connectivity index (χ1) is 9.31. The maximum atomic E-state index is 9.67. The Morgan fingerprint density at radius 1 is 0.895 bits per heavy atom. The highest BCUT2D eigenvalue weighted by atomic mass is 16.3. The fourth-order valence-electron chi connectivity index (χ4n) is 1.99. The van der Waals surface area contributed by atoms with Crippen LogP contribution in [0.3, 0.4) is 0 Å². The maximum absolute atomic E-state index is 9.67. The molecule has 0 aromatic rings. The van der Waals surface area contributed by atoms with Crippen molar-refractivity contribution < 1.29 is 5.11 Å². The van der Waals surface area contributed by atoms with E-state index in [1.54, 1.807) is 0 Å². The van der Waals surface area contributed by atoms with Gasteiger partial charge in [0, 0.05) is 0 Å². The highest BCUT2D eigenvalue weighted by molar-refractivity contribution is 5.17. The Morgan fingerprint density at radius 2 is 1.53 bits per heavy atom. The van der Waals surface area contributed by atoms with Gasteiger partial charge in [0.15, 0.2) is 0 Å². The summed E-state index contributed by atoms with van der Waals surface area (Å²) in [6.07, 6.45) is 16.9. The molecule has 0 aromatic carbocycles. The van der Waals surface area contributed by atoms with E-state index in [1.807, 2.05) is 6.08 Å². The molecule has 0 aliphatic heterocycles. The monoisotopic (exact) mass is 264 g/mol. The Balaban J connectivity index is 3.45. The van der Waals surface area contributed by atoms with Crippen LogP contribution in [-0.4, -0.2) is 11.2 Å². The summed E-state index contributed by atoms with van der Waals surface area (Å²) in [7, 11) is 0. The first-order valence-electron chi connectivity index (χ1n) is 8.15. The summed E-state index contributed by atoms with van der Waals surface area (Å²) in [6.45, 7) is 4.44. The Bertz CT molecular complexity index is 257. The van der Waals surface area contributed by atoms with E-state index < -0.39 is 6.10 Å². The number of hydrogen-bond acceptors (Lipinski definition) is 1. The Morgan fingerprint density at radius 3 is 2.21 bits per heavy atom. The second-order valence-corrected chi connectivity index (χ2v) is 5.26. The van der Waals surface area contributed by atoms with Crippen molar-refractivity contribution in [2.24, 2.45) is 0 Å². The SMILES string of the molecule is CCCCCC/C=C/C#CC(O)CCCCCCC. The highest BCUT2D eigenvalue weighted by Crippen LogP contribution is 2.06. The number of aliphatic hydroxyl groups excluding tert-OH is 1. The minimum atomic E-state index is -0.439. The zero-order valence-corrected chi connectivity index (χ0v) is 13.0. The molecule has 0 saturated heterocycles. The van der Waals surface area contributed by atoms with Gasteiger partial charge >= 0.3 is 0 Å². The number of hydrogen-bond donors (Lipinski definition) is 1. The minimum Gasteiger partial charge on any atom is -0.380 e. The van der Waals surface area contributed by atoms with Gasteiger partial charge in [0.05, 0.1) is 0 Å². The fraction of sp³-hybridized carbons (Fsp3) is 0.778. The molecule has 1 heteroatoms. The summed E-state index contributed by atoms with van der Waals surface area (Å²) in [5.74, 6) is 5.84. The van der Waals surface area contributed by atoms with Crippen LogP contribution in [-0.2, 0) is 0 Å². The number of aliphatic hydroxyl groups is 1. The van der Waals surface area contributed by atoms with Gasteiger partial charge in [-0.25, -0.2) is 0 Å². The molecule has 19 heavy (non-hydrogen) atoms. The van der Waals surface area contributed by atoms with Crippen LogP contribution in [0.15, 0.2) is 12.2 Å². The first kappa shape index (κ1) is 18.3. The Hall–Kier alpha value is -0.740. The zero-order valence-electron chi connectivity index (χ0n) is 13.0. The summed E-state index contributed by atoms with van der Waals surface area (Å²) in [5.41, 5.74) is 0. The normalized spacial score (nSPS) is 12.4. The largest absolute Gasteiger partial charge is 0.380 e. The van der Waals surface area contributed by atoms with Crippen LogP contribution in [0.5, 0.6) is 0 Å². The summed E-state index contributed by atoms with van der Waals surface area (Å²) in [5, 5.41) is 9.67. The van der Waals surface area contributed by atoms with Crippen LogP contribution >= 0.6 is 0 Å². The molecular weight excluding hydrogens is 232 g/mol. The Labute approximate surface area is 120 Å². The second-order valence-electron chi connectivity index (χ2n) is 5.26. The van der Waals surface area contributed by atoms with Crippen molar-refractivity contribution in [1.29, 1.82) is 0 Å². The molecule has 110 valence electrons. The summed E-state index contributed by atoms with van der Waals surface area (Å²) < 4.78 is 0. The van der Waals surface area contributed by atoms with Gasteiger partial charge in [0.1, 0.15) is 6.10 Å². The van der Waals surface area contributed by atoms with Gasteiger partial charge in [-0.1, -0.05) is 76.7 Å². The summed E-state index contributed by atoms with van der Waals surface area (Å²) in [6, 6.07) is 0. The van der Waals surface area contributed by atoms with Crippen molar-refractivity contribution >= 4 is 0 Å². The number of unbranched alkanes of at least 4 members (excludes halogenated alkanes) is 8. The minimum absolute atomic E-state index is 0.439. The van der Waals surface area contributed by atoms with Gasteiger partial charge in [0.25, 0.3) is 0 Å². The molecule has 0 amide bonds. The van der Waals surface area contributed by atoms with E-state index in [4.69, 9.17) is 0 Å². The predicted molar refractivity (Wildman–Crippen MR) is 85.1 cm³/mol. The van der Waals surface area contributed by atoms with E-state index in [0.29, 0.717) is 0 Å². The van der Waals surface area contributed by atoms with E-state index in [-0.39, 0.29) is 0 Å². The second kappa shape index (κ2) is 15.3. The van der Waals surface area contributed by atoms with Gasteiger partial charge in [-0.15, -0.1) is 0 Å². The molecule has 0 fully saturated rings. The average molecular weight is 264 g/mol. The van der Waals surface area contributed by atoms with E-state index in [0.717, 1.165) is 19.3 Å². The van der Waals surface area contributed by atoms with Crippen LogP contribution in [0.4, 0.5) is 0 Å². The van der Waals surface area contributed by atoms with Crippen LogP contribution in [0, 0.1) is 11.8 Å². The molecule has 0 saturated carbocycles. The molecule has 0 heterocycles. The molecule has 1 N–H and O–H groups in total. The van der Waals surface area contributed by atoms with Crippen molar-refractivity contribution in [3.05, 3.63) is 12.2 Å². The van der Waals surface area contributed by atoms with Crippen LogP contribution in [0.1, 0.15) is 84.5 Å². The lowest BCUT2D eigenvalue weighted by Crippen LogP contribution is -2.01. The third-order valence-corrected chi connectivity index (χ3v) is 3.26. The van der Waals surface area contributed by atoms with Crippen molar-refractivity contribution in [3.8, 4) is 11.8 Å². The standard InChI is InChI=1S/C18H32O/c1-3-5-7-9-10-11-13-15-17-18(19)16-14-12-8-6-4-2/h11,13,18-19H,3-10,12,14,16H2,1-2H3/b13-11+.